The molecule has 1 saturated heterocycles. The summed E-state index contributed by atoms with van der Waals surface area (Å²) in [6, 6.07) is 7.32. The largest absolute Gasteiger partial charge is 0.492 e. The second-order valence-electron chi connectivity index (χ2n) is 8.11. The fourth-order valence-electron chi connectivity index (χ4n) is 3.91. The second kappa shape index (κ2) is 8.83. The summed E-state index contributed by atoms with van der Waals surface area (Å²) in [6.45, 7) is 5.59. The zero-order valence-electron chi connectivity index (χ0n) is 17.3. The zero-order chi connectivity index (χ0) is 21.0. The number of carbonyl (C=O) groups is 2. The van der Waals surface area contributed by atoms with Gasteiger partial charge in [0.15, 0.2) is 0 Å². The van der Waals surface area contributed by atoms with E-state index < -0.39 is 5.54 Å². The lowest BCUT2D eigenvalue weighted by atomic mass is 9.94. The van der Waals surface area contributed by atoms with E-state index in [1.54, 1.807) is 31.4 Å². The lowest BCUT2D eigenvalue weighted by Gasteiger charge is -2.34. The van der Waals surface area contributed by atoms with Gasteiger partial charge in [-0.1, -0.05) is 12.5 Å². The van der Waals surface area contributed by atoms with Crippen LogP contribution in [0.4, 0.5) is 5.69 Å². The number of rotatable bonds is 6. The molecule has 1 N–H and O–H groups in total. The van der Waals surface area contributed by atoms with Crippen molar-refractivity contribution in [3.63, 3.8) is 0 Å². The third kappa shape index (κ3) is 4.62. The molecule has 0 radical (unpaired) electrons. The van der Waals surface area contributed by atoms with Crippen LogP contribution in [0, 0.1) is 0 Å². The fraction of sp³-hybridized carbons (Fsp3) is 0.435. The molecule has 0 spiro atoms. The smallest absolute Gasteiger partial charge is 0.252 e. The van der Waals surface area contributed by atoms with Crippen LogP contribution in [0.5, 0.6) is 5.75 Å². The Bertz CT molecular complexity index is 884. The van der Waals surface area contributed by atoms with Crippen LogP contribution in [0.2, 0.25) is 0 Å². The first-order valence-corrected chi connectivity index (χ1v) is 10.6. The highest BCUT2D eigenvalue weighted by atomic mass is 16.5. The van der Waals surface area contributed by atoms with Crippen molar-refractivity contribution in [1.82, 2.24) is 9.80 Å². The highest BCUT2D eigenvalue weighted by Crippen LogP contribution is 2.27. The number of carbonyl (C=O) groups excluding carboxylic acids is 2. The Morgan fingerprint density at radius 3 is 2.70 bits per heavy atom. The third-order valence-electron chi connectivity index (χ3n) is 5.69. The van der Waals surface area contributed by atoms with Crippen molar-refractivity contribution < 1.29 is 14.3 Å². The van der Waals surface area contributed by atoms with E-state index in [4.69, 9.17) is 4.74 Å². The SMILES string of the molecule is C[C@@]1(C(=O)Nc2ccc(OCCN3CCCCC3)cc2)CC(=O)N2C=CC=CC2=N1. The fourth-order valence-corrected chi connectivity index (χ4v) is 3.91. The number of hydrogen-bond donors (Lipinski definition) is 1. The number of benzene rings is 1. The first-order chi connectivity index (χ1) is 14.5. The van der Waals surface area contributed by atoms with E-state index in [9.17, 15) is 9.59 Å². The summed E-state index contributed by atoms with van der Waals surface area (Å²) in [6.07, 6.45) is 10.9. The zero-order valence-corrected chi connectivity index (χ0v) is 17.3. The molecule has 3 aliphatic rings. The maximum absolute atomic E-state index is 12.9. The number of hydrogen-bond acceptors (Lipinski definition) is 5. The molecule has 2 amide bonds. The number of anilines is 1. The predicted octanol–water partition coefficient (Wildman–Crippen LogP) is 2.96. The molecule has 0 aliphatic carbocycles. The molecule has 0 bridgehead atoms. The molecule has 3 aliphatic heterocycles. The van der Waals surface area contributed by atoms with Crippen molar-refractivity contribution in [3.8, 4) is 5.75 Å². The van der Waals surface area contributed by atoms with Crippen LogP contribution in [-0.4, -0.2) is 59.2 Å². The van der Waals surface area contributed by atoms with Gasteiger partial charge in [-0.2, -0.15) is 0 Å². The van der Waals surface area contributed by atoms with Crippen molar-refractivity contribution >= 4 is 23.3 Å². The molecule has 4 rings (SSSR count). The summed E-state index contributed by atoms with van der Waals surface area (Å²) in [5.41, 5.74) is -0.485. The lowest BCUT2D eigenvalue weighted by molar-refractivity contribution is -0.132. The Hall–Kier alpha value is -2.93. The first-order valence-electron chi connectivity index (χ1n) is 10.6. The maximum atomic E-state index is 12.9. The van der Waals surface area contributed by atoms with Gasteiger partial charge in [-0.15, -0.1) is 0 Å². The molecule has 0 saturated carbocycles. The number of fused-ring (bicyclic) bond motifs is 1. The Morgan fingerprint density at radius 1 is 1.17 bits per heavy atom. The molecule has 7 nitrogen and oxygen atoms in total. The van der Waals surface area contributed by atoms with Gasteiger partial charge < -0.3 is 10.1 Å². The van der Waals surface area contributed by atoms with Crippen LogP contribution in [0.3, 0.4) is 0 Å². The summed E-state index contributed by atoms with van der Waals surface area (Å²) in [5.74, 6) is 0.823. The van der Waals surface area contributed by atoms with Crippen molar-refractivity contribution in [2.45, 2.75) is 38.1 Å². The minimum atomic E-state index is -1.14. The average Bonchev–Trinajstić information content (AvgIpc) is 2.75. The number of amides is 2. The van der Waals surface area contributed by atoms with Gasteiger partial charge in [0.05, 0.1) is 6.42 Å². The van der Waals surface area contributed by atoms with Gasteiger partial charge in [0.2, 0.25) is 5.91 Å². The summed E-state index contributed by atoms with van der Waals surface area (Å²) in [5, 5.41) is 2.88. The van der Waals surface area contributed by atoms with Gasteiger partial charge in [-0.05, 0) is 69.3 Å². The number of allylic oxidation sites excluding steroid dienone is 2. The van der Waals surface area contributed by atoms with Gasteiger partial charge in [-0.25, -0.2) is 0 Å². The molecule has 30 heavy (non-hydrogen) atoms. The topological polar surface area (TPSA) is 74.2 Å². The Kier molecular flexibility index (Phi) is 5.99. The van der Waals surface area contributed by atoms with Crippen LogP contribution in [0.1, 0.15) is 32.6 Å². The van der Waals surface area contributed by atoms with E-state index in [0.717, 1.165) is 25.4 Å². The van der Waals surface area contributed by atoms with Gasteiger partial charge >= 0.3 is 0 Å². The molecule has 0 aromatic heterocycles. The Balaban J connectivity index is 1.32. The standard InChI is InChI=1S/C23H28N4O3/c1-23(17-21(28)27-14-6-3-7-20(27)25-23)22(29)24-18-8-10-19(11-9-18)30-16-15-26-12-4-2-5-13-26/h3,6-11,14H,2,4-5,12-13,15-17H2,1H3,(H,24,29)/t23-/m0/s1. The minimum Gasteiger partial charge on any atom is -0.492 e. The molecular formula is C23H28N4O3. The van der Waals surface area contributed by atoms with Gasteiger partial charge in [0.25, 0.3) is 5.91 Å². The van der Waals surface area contributed by atoms with Crippen LogP contribution >= 0.6 is 0 Å². The van der Waals surface area contributed by atoms with Crippen LogP contribution in [0.25, 0.3) is 0 Å². The number of likely N-dealkylation sites (tertiary alicyclic amines) is 1. The molecule has 0 unspecified atom stereocenters. The van der Waals surface area contributed by atoms with Crippen LogP contribution in [0.15, 0.2) is 53.7 Å². The van der Waals surface area contributed by atoms with E-state index in [-0.39, 0.29) is 18.2 Å². The minimum absolute atomic E-state index is 0.0260. The molecule has 158 valence electrons. The summed E-state index contributed by atoms with van der Waals surface area (Å²) < 4.78 is 5.84. The highest BCUT2D eigenvalue weighted by Gasteiger charge is 2.41. The van der Waals surface area contributed by atoms with Gasteiger partial charge in [0.1, 0.15) is 23.7 Å². The van der Waals surface area contributed by atoms with Crippen molar-refractivity contribution in [3.05, 3.63) is 48.7 Å². The average molecular weight is 409 g/mol. The number of nitrogens with zero attached hydrogens (tertiary/aromatic N) is 3. The number of ether oxygens (including phenoxy) is 1. The quantitative estimate of drug-likeness (QED) is 0.785. The summed E-state index contributed by atoms with van der Waals surface area (Å²) >= 11 is 0. The van der Waals surface area contributed by atoms with E-state index in [1.165, 1.54) is 24.2 Å². The molecule has 1 aromatic carbocycles. The summed E-state index contributed by atoms with van der Waals surface area (Å²) in [4.78, 5) is 33.7. The van der Waals surface area contributed by atoms with Gasteiger partial charge in [0, 0.05) is 18.4 Å². The molecule has 1 fully saturated rings. The highest BCUT2D eigenvalue weighted by molar-refractivity contribution is 6.13. The second-order valence-corrected chi connectivity index (χ2v) is 8.11. The van der Waals surface area contributed by atoms with Crippen molar-refractivity contribution in [2.75, 3.05) is 31.6 Å². The molecule has 1 atom stereocenters. The van der Waals surface area contributed by atoms with E-state index >= 15 is 0 Å². The first kappa shape index (κ1) is 20.3. The van der Waals surface area contributed by atoms with Crippen LogP contribution in [-0.2, 0) is 9.59 Å². The number of amidine groups is 1. The normalized spacial score (nSPS) is 23.7. The monoisotopic (exact) mass is 408 g/mol. The number of piperidine rings is 1. The van der Waals surface area contributed by atoms with Crippen LogP contribution < -0.4 is 10.1 Å². The Labute approximate surface area is 177 Å². The van der Waals surface area contributed by atoms with E-state index in [2.05, 4.69) is 15.2 Å². The Morgan fingerprint density at radius 2 is 1.93 bits per heavy atom. The molecular weight excluding hydrogens is 380 g/mol. The number of nitrogens with one attached hydrogen (secondary N) is 1. The molecule has 1 aromatic rings. The third-order valence-corrected chi connectivity index (χ3v) is 5.69. The predicted molar refractivity (Wildman–Crippen MR) is 116 cm³/mol. The summed E-state index contributed by atoms with van der Waals surface area (Å²) in [7, 11) is 0. The molecule has 3 heterocycles. The van der Waals surface area contributed by atoms with Crippen molar-refractivity contribution in [1.29, 1.82) is 0 Å². The van der Waals surface area contributed by atoms with Crippen molar-refractivity contribution in [2.24, 2.45) is 4.99 Å². The lowest BCUT2D eigenvalue weighted by Crippen LogP contribution is -2.50. The number of aliphatic imine (C=N–C) groups is 1. The van der Waals surface area contributed by atoms with E-state index in [0.29, 0.717) is 18.1 Å². The van der Waals surface area contributed by atoms with E-state index in [1.807, 2.05) is 24.3 Å². The maximum Gasteiger partial charge on any atom is 0.252 e. The van der Waals surface area contributed by atoms with Gasteiger partial charge in [-0.3, -0.25) is 24.4 Å². The molecule has 7 heteroatoms.